The van der Waals surface area contributed by atoms with Crippen LogP contribution < -0.4 is 26.6 Å². The number of carbonyl (C=O) groups excluding carboxylic acids is 8. The molecule has 8 atom stereocenters. The molecule has 0 aliphatic carbocycles. The monoisotopic (exact) mass is 1030 g/mol. The molecule has 1 heterocycles. The van der Waals surface area contributed by atoms with Crippen LogP contribution in [0.3, 0.4) is 0 Å². The van der Waals surface area contributed by atoms with Gasteiger partial charge in [0.2, 0.25) is 41.4 Å². The van der Waals surface area contributed by atoms with E-state index in [9.17, 15) is 53.7 Å². The number of allylic oxidation sites excluding steroid dienone is 1. The summed E-state index contributed by atoms with van der Waals surface area (Å²) in [5.41, 5.74) is 1.39. The second-order valence-corrected chi connectivity index (χ2v) is 20.0. The van der Waals surface area contributed by atoms with E-state index in [4.69, 9.17) is 4.74 Å². The summed E-state index contributed by atoms with van der Waals surface area (Å²) in [5, 5.41) is 44.8. The summed E-state index contributed by atoms with van der Waals surface area (Å²) in [4.78, 5) is 112. The lowest BCUT2D eigenvalue weighted by molar-refractivity contribution is -0.157. The fourth-order valence-corrected chi connectivity index (χ4v) is 8.37. The van der Waals surface area contributed by atoms with Crippen LogP contribution >= 0.6 is 0 Å². The molecule has 19 nitrogen and oxygen atoms in total. The lowest BCUT2D eigenvalue weighted by Crippen LogP contribution is -2.59. The molecule has 0 fully saturated rings. The number of hydrogen-bond acceptors (Lipinski definition) is 12. The maximum absolute atomic E-state index is 13.9. The average molecular weight is 1030 g/mol. The van der Waals surface area contributed by atoms with Gasteiger partial charge in [0, 0.05) is 39.4 Å². The van der Waals surface area contributed by atoms with E-state index < -0.39 is 121 Å². The smallest absolute Gasteiger partial charge is 0.329 e. The van der Waals surface area contributed by atoms with Crippen LogP contribution in [0.1, 0.15) is 105 Å². The number of nitrogens with zero attached hydrogens (tertiary/aromatic N) is 2. The first-order valence-electron chi connectivity index (χ1n) is 25.7. The third kappa shape index (κ3) is 20.0. The van der Waals surface area contributed by atoms with Gasteiger partial charge in [0.05, 0.1) is 31.2 Å². The largest absolute Gasteiger partial charge is 0.508 e. The number of likely N-dealkylation sites (N-methyl/N-ethyl adjacent to an activating group) is 2. The van der Waals surface area contributed by atoms with Gasteiger partial charge in [-0.2, -0.15) is 0 Å². The minimum absolute atomic E-state index is 0.00792. The number of ether oxygens (including phenoxy) is 1. The highest BCUT2D eigenvalue weighted by Gasteiger charge is 2.38. The molecule has 8 unspecified atom stereocenters. The third-order valence-corrected chi connectivity index (χ3v) is 12.8. The Kier molecular flexibility index (Phi) is 26.0. The zero-order valence-electron chi connectivity index (χ0n) is 44.5. The maximum atomic E-state index is 13.9. The number of nitrogens with one attached hydrogen (secondary N) is 5. The number of carbonyl (C=O) groups is 8. The van der Waals surface area contributed by atoms with Crippen molar-refractivity contribution in [2.45, 2.75) is 155 Å². The minimum atomic E-state index is -1.67. The molecule has 0 spiro atoms. The van der Waals surface area contributed by atoms with E-state index in [2.05, 4.69) is 33.5 Å². The van der Waals surface area contributed by atoms with Crippen molar-refractivity contribution in [1.29, 1.82) is 0 Å². The molecular formula is C55H81N7O12. The maximum Gasteiger partial charge on any atom is 0.329 e. The number of rotatable bonds is 26. The molecular weight excluding hydrogens is 951 g/mol. The number of aliphatic hydroxyl groups excluding tert-OH is 2. The standard InChI is InChI=1S/C55H81N7O12/c1-10-11-12-13-14-15-19-22-45(66)57-41(29-37-20-17-16-18-21-37)51(69)60-49(35(4)5)53(71)58-42(32-63)44(65)31-46(67)59-48(34(2)3)52(70)56-39-25-28-47(68)62(9)50(36(6)7)54(72)61(8)43(55(73)74-33-39)30-38-23-26-40(64)27-24-38/h15-21,23-28,34-36,39,41-44,48-50,63-65H,10-14,22,29-33H2,1-9H3,(H,56,70)(H,57,66)(H,58,71)(H,59,67)(H,60,69). The summed E-state index contributed by atoms with van der Waals surface area (Å²) >= 11 is 0. The zero-order valence-corrected chi connectivity index (χ0v) is 44.5. The summed E-state index contributed by atoms with van der Waals surface area (Å²) in [6, 6.07) is 7.10. The summed E-state index contributed by atoms with van der Waals surface area (Å²) in [6.45, 7) is 11.1. The fourth-order valence-electron chi connectivity index (χ4n) is 8.37. The second kappa shape index (κ2) is 31.2. The Hall–Kier alpha value is -6.60. The van der Waals surface area contributed by atoms with Gasteiger partial charge >= 0.3 is 5.97 Å². The third-order valence-electron chi connectivity index (χ3n) is 12.8. The van der Waals surface area contributed by atoms with Gasteiger partial charge in [0.1, 0.15) is 42.6 Å². The molecule has 8 N–H and O–H groups in total. The molecule has 0 saturated heterocycles. The van der Waals surface area contributed by atoms with E-state index in [1.54, 1.807) is 59.8 Å². The lowest BCUT2D eigenvalue weighted by Gasteiger charge is -2.36. The quantitative estimate of drug-likeness (QED) is 0.0384. The van der Waals surface area contributed by atoms with Gasteiger partial charge in [-0.3, -0.25) is 33.6 Å². The first kappa shape index (κ1) is 61.7. The Morgan fingerprint density at radius 3 is 2.01 bits per heavy atom. The molecule has 0 bridgehead atoms. The Morgan fingerprint density at radius 1 is 0.757 bits per heavy atom. The topological polar surface area (TPSA) is 273 Å². The van der Waals surface area contributed by atoms with Crippen LogP contribution in [0.4, 0.5) is 0 Å². The molecule has 19 heteroatoms. The molecule has 7 amide bonds. The Balaban J connectivity index is 1.73. The number of hydrogen-bond donors (Lipinski definition) is 8. The first-order chi connectivity index (χ1) is 35.1. The average Bonchev–Trinajstić information content (AvgIpc) is 3.35. The van der Waals surface area contributed by atoms with Gasteiger partial charge in [-0.1, -0.05) is 128 Å². The van der Waals surface area contributed by atoms with Crippen LogP contribution in [0, 0.1) is 17.8 Å². The number of esters is 1. The Labute approximate surface area is 436 Å². The number of aliphatic hydroxyl groups is 2. The Morgan fingerprint density at radius 2 is 1.41 bits per heavy atom. The number of aromatic hydroxyl groups is 1. The van der Waals surface area contributed by atoms with Crippen LogP contribution in [-0.2, 0) is 55.9 Å². The number of amides is 7. The van der Waals surface area contributed by atoms with Crippen LogP contribution in [-0.4, -0.2) is 148 Å². The number of benzene rings is 2. The molecule has 0 aromatic heterocycles. The number of cyclic esters (lactones) is 1. The van der Waals surface area contributed by atoms with Crippen LogP contribution in [0.25, 0.3) is 0 Å². The van der Waals surface area contributed by atoms with Gasteiger partial charge in [-0.15, -0.1) is 0 Å². The minimum Gasteiger partial charge on any atom is -0.508 e. The number of unbranched alkanes of at least 4 members (excludes halogenated alkanes) is 4. The highest BCUT2D eigenvalue weighted by atomic mass is 16.5. The highest BCUT2D eigenvalue weighted by Crippen LogP contribution is 2.20. The van der Waals surface area contributed by atoms with E-state index >= 15 is 0 Å². The summed E-state index contributed by atoms with van der Waals surface area (Å²) in [6.07, 6.45) is 9.31. The van der Waals surface area contributed by atoms with Crippen molar-refractivity contribution in [2.75, 3.05) is 27.3 Å². The number of phenols is 1. The van der Waals surface area contributed by atoms with Gasteiger partial charge in [-0.25, -0.2) is 4.79 Å². The van der Waals surface area contributed by atoms with Crippen molar-refractivity contribution in [2.24, 2.45) is 17.8 Å². The predicted molar refractivity (Wildman–Crippen MR) is 280 cm³/mol. The molecule has 408 valence electrons. The molecule has 0 radical (unpaired) electrons. The predicted octanol–water partition coefficient (Wildman–Crippen LogP) is 3.00. The molecule has 1 aliphatic heterocycles. The van der Waals surface area contributed by atoms with Gasteiger partial charge in [-0.05, 0) is 53.9 Å². The van der Waals surface area contributed by atoms with E-state index in [-0.39, 0.29) is 36.8 Å². The van der Waals surface area contributed by atoms with E-state index in [1.165, 1.54) is 42.1 Å². The van der Waals surface area contributed by atoms with E-state index in [0.29, 0.717) is 5.56 Å². The zero-order chi connectivity index (χ0) is 55.1. The van der Waals surface area contributed by atoms with Gasteiger partial charge < -0.3 is 56.4 Å². The molecule has 1 aliphatic rings. The second-order valence-electron chi connectivity index (χ2n) is 20.0. The van der Waals surface area contributed by atoms with Crippen molar-refractivity contribution >= 4 is 47.3 Å². The fraction of sp³-hybridized carbons (Fsp3) is 0.564. The summed E-state index contributed by atoms with van der Waals surface area (Å²) in [7, 11) is 2.91. The molecule has 0 saturated carbocycles. The van der Waals surface area contributed by atoms with Crippen molar-refractivity contribution in [3.05, 3.63) is 90.0 Å². The van der Waals surface area contributed by atoms with Crippen molar-refractivity contribution in [3.63, 3.8) is 0 Å². The summed E-state index contributed by atoms with van der Waals surface area (Å²) in [5.74, 6) is -6.56. The highest BCUT2D eigenvalue weighted by molar-refractivity contribution is 5.95. The lowest BCUT2D eigenvalue weighted by atomic mass is 9.98. The van der Waals surface area contributed by atoms with Crippen molar-refractivity contribution < 1.29 is 58.4 Å². The van der Waals surface area contributed by atoms with E-state index in [0.717, 1.165) is 43.7 Å². The number of phenolic OH excluding ortho intramolecular Hbond substituents is 1. The first-order valence-corrected chi connectivity index (χ1v) is 25.7. The molecule has 2 aromatic carbocycles. The molecule has 74 heavy (non-hydrogen) atoms. The van der Waals surface area contributed by atoms with Crippen LogP contribution in [0.2, 0.25) is 0 Å². The van der Waals surface area contributed by atoms with Gasteiger partial charge in [0.15, 0.2) is 0 Å². The van der Waals surface area contributed by atoms with Crippen molar-refractivity contribution in [1.82, 2.24) is 36.4 Å². The molecule has 3 rings (SSSR count). The van der Waals surface area contributed by atoms with Crippen LogP contribution in [0.5, 0.6) is 5.75 Å². The molecule has 2 aromatic rings. The SMILES string of the molecule is CCCCCCC=CCC(=O)NC(Cc1ccccc1)C(=O)NC(C(=O)NC(CO)C(O)CC(=O)NC(C(=O)NC1C=CC(=O)N(C)C(C(C)C)C(=O)N(C)C(Cc2ccc(O)cc2)C(=O)OC1)C(C)C)C(C)C. The summed E-state index contributed by atoms with van der Waals surface area (Å²) < 4.78 is 5.70. The normalized spacial score (nSPS) is 18.7. The van der Waals surface area contributed by atoms with Gasteiger partial charge in [0.25, 0.3) is 0 Å². The van der Waals surface area contributed by atoms with E-state index in [1.807, 2.05) is 36.4 Å². The Bertz CT molecular complexity index is 2220. The van der Waals surface area contributed by atoms with Crippen LogP contribution in [0.15, 0.2) is 78.9 Å². The van der Waals surface area contributed by atoms with Crippen molar-refractivity contribution in [3.8, 4) is 5.75 Å².